The number of hydrogen-bond acceptors (Lipinski definition) is 3. The van der Waals surface area contributed by atoms with Gasteiger partial charge in [0.1, 0.15) is 0 Å². The summed E-state index contributed by atoms with van der Waals surface area (Å²) >= 11 is 1.63. The highest BCUT2D eigenvalue weighted by molar-refractivity contribution is 7.99. The lowest BCUT2D eigenvalue weighted by molar-refractivity contribution is -0.119. The monoisotopic (exact) mass is 289 g/mol. The van der Waals surface area contributed by atoms with Crippen molar-refractivity contribution < 1.29 is 9.21 Å². The fourth-order valence-corrected chi connectivity index (χ4v) is 2.76. The van der Waals surface area contributed by atoms with Crippen molar-refractivity contribution in [1.29, 1.82) is 0 Å². The quantitative estimate of drug-likeness (QED) is 0.850. The first-order chi connectivity index (χ1) is 9.74. The van der Waals surface area contributed by atoms with Crippen molar-refractivity contribution in [3.05, 3.63) is 60.1 Å². The first-order valence-corrected chi connectivity index (χ1v) is 7.81. The van der Waals surface area contributed by atoms with Crippen LogP contribution in [0.3, 0.4) is 0 Å². The number of rotatable bonds is 7. The molecule has 0 radical (unpaired) electrons. The minimum Gasteiger partial charge on any atom is -0.472 e. The molecule has 20 heavy (non-hydrogen) atoms. The van der Waals surface area contributed by atoms with Crippen LogP contribution in [0.2, 0.25) is 0 Å². The SMILES string of the molecule is C[C@@H](Cc1ccoc1)NC(=O)CSCc1ccccc1. The van der Waals surface area contributed by atoms with Crippen LogP contribution in [0, 0.1) is 0 Å². The smallest absolute Gasteiger partial charge is 0.230 e. The van der Waals surface area contributed by atoms with Gasteiger partial charge in [0.2, 0.25) is 5.91 Å². The van der Waals surface area contributed by atoms with Crippen molar-refractivity contribution in [3.63, 3.8) is 0 Å². The Bertz CT molecular complexity index is 511. The van der Waals surface area contributed by atoms with Gasteiger partial charge < -0.3 is 9.73 Å². The predicted molar refractivity (Wildman–Crippen MR) is 82.6 cm³/mol. The lowest BCUT2D eigenvalue weighted by Gasteiger charge is -2.12. The molecule has 106 valence electrons. The van der Waals surface area contributed by atoms with E-state index in [2.05, 4.69) is 17.4 Å². The third-order valence-electron chi connectivity index (χ3n) is 2.87. The highest BCUT2D eigenvalue weighted by Crippen LogP contribution is 2.11. The van der Waals surface area contributed by atoms with Gasteiger partial charge in [-0.15, -0.1) is 11.8 Å². The van der Waals surface area contributed by atoms with Gasteiger partial charge in [-0.3, -0.25) is 4.79 Å². The molecule has 1 amide bonds. The molecular weight excluding hydrogens is 270 g/mol. The van der Waals surface area contributed by atoms with Crippen LogP contribution in [0.1, 0.15) is 18.1 Å². The van der Waals surface area contributed by atoms with Crippen LogP contribution in [0.15, 0.2) is 53.3 Å². The summed E-state index contributed by atoms with van der Waals surface area (Å²) in [6, 6.07) is 12.2. The molecule has 4 heteroatoms. The van der Waals surface area contributed by atoms with Crippen LogP contribution >= 0.6 is 11.8 Å². The van der Waals surface area contributed by atoms with Crippen LogP contribution in [0.5, 0.6) is 0 Å². The maximum atomic E-state index is 11.8. The molecule has 1 aromatic carbocycles. The molecule has 0 unspecified atom stereocenters. The van der Waals surface area contributed by atoms with Crippen molar-refractivity contribution in [2.45, 2.75) is 25.1 Å². The summed E-state index contributed by atoms with van der Waals surface area (Å²) in [6.45, 7) is 2.01. The Labute approximate surface area is 123 Å². The Hall–Kier alpha value is -1.68. The molecule has 2 rings (SSSR count). The number of hydrogen-bond donors (Lipinski definition) is 1. The Morgan fingerprint density at radius 3 is 2.75 bits per heavy atom. The van der Waals surface area contributed by atoms with Gasteiger partial charge in [-0.2, -0.15) is 0 Å². The second kappa shape index (κ2) is 7.80. The summed E-state index contributed by atoms with van der Waals surface area (Å²) in [4.78, 5) is 11.8. The summed E-state index contributed by atoms with van der Waals surface area (Å²) in [6.07, 6.45) is 4.16. The minimum absolute atomic E-state index is 0.0851. The van der Waals surface area contributed by atoms with E-state index in [9.17, 15) is 4.79 Å². The molecule has 0 spiro atoms. The fourth-order valence-electron chi connectivity index (χ4n) is 1.97. The zero-order valence-electron chi connectivity index (χ0n) is 11.5. The summed E-state index contributed by atoms with van der Waals surface area (Å²) in [7, 11) is 0. The average molecular weight is 289 g/mol. The van der Waals surface area contributed by atoms with Crippen molar-refractivity contribution in [2.75, 3.05) is 5.75 Å². The van der Waals surface area contributed by atoms with Crippen molar-refractivity contribution in [1.82, 2.24) is 5.32 Å². The number of nitrogens with one attached hydrogen (secondary N) is 1. The Morgan fingerprint density at radius 1 is 1.25 bits per heavy atom. The zero-order valence-corrected chi connectivity index (χ0v) is 12.4. The van der Waals surface area contributed by atoms with Gasteiger partial charge in [0, 0.05) is 11.8 Å². The summed E-state index contributed by atoms with van der Waals surface area (Å²) in [5, 5.41) is 3.00. The molecule has 1 atom stereocenters. The lowest BCUT2D eigenvalue weighted by atomic mass is 10.1. The van der Waals surface area contributed by atoms with E-state index in [1.807, 2.05) is 31.2 Å². The fraction of sp³-hybridized carbons (Fsp3) is 0.312. The van der Waals surface area contributed by atoms with Crippen molar-refractivity contribution in [3.8, 4) is 0 Å². The normalized spacial score (nSPS) is 12.1. The van der Waals surface area contributed by atoms with E-state index >= 15 is 0 Å². The van der Waals surface area contributed by atoms with Gasteiger partial charge in [-0.05, 0) is 30.5 Å². The molecule has 0 saturated carbocycles. The molecule has 2 aromatic rings. The highest BCUT2D eigenvalue weighted by Gasteiger charge is 2.08. The summed E-state index contributed by atoms with van der Waals surface area (Å²) < 4.78 is 5.02. The third-order valence-corrected chi connectivity index (χ3v) is 3.88. The Balaban J connectivity index is 1.65. The van der Waals surface area contributed by atoms with Gasteiger partial charge in [-0.25, -0.2) is 0 Å². The molecule has 0 aliphatic rings. The lowest BCUT2D eigenvalue weighted by Crippen LogP contribution is -2.35. The number of thioether (sulfide) groups is 1. The number of benzene rings is 1. The van der Waals surface area contributed by atoms with Crippen molar-refractivity contribution >= 4 is 17.7 Å². The third kappa shape index (κ3) is 5.13. The molecular formula is C16H19NO2S. The van der Waals surface area contributed by atoms with E-state index in [0.717, 1.165) is 17.7 Å². The maximum Gasteiger partial charge on any atom is 0.230 e. The Morgan fingerprint density at radius 2 is 2.05 bits per heavy atom. The molecule has 0 fully saturated rings. The molecule has 3 nitrogen and oxygen atoms in total. The molecule has 1 heterocycles. The van der Waals surface area contributed by atoms with Gasteiger partial charge >= 0.3 is 0 Å². The largest absolute Gasteiger partial charge is 0.472 e. The van der Waals surface area contributed by atoms with E-state index in [4.69, 9.17) is 4.42 Å². The van der Waals surface area contributed by atoms with Crippen LogP contribution < -0.4 is 5.32 Å². The number of carbonyl (C=O) groups excluding carboxylic acids is 1. The summed E-state index contributed by atoms with van der Waals surface area (Å²) in [5.74, 6) is 1.44. The number of carbonyl (C=O) groups is 1. The molecule has 0 bridgehead atoms. The van der Waals surface area contributed by atoms with Crippen LogP contribution in [0.25, 0.3) is 0 Å². The van der Waals surface area contributed by atoms with Crippen LogP contribution in [0.4, 0.5) is 0 Å². The second-order valence-corrected chi connectivity index (χ2v) is 5.77. The van der Waals surface area contributed by atoms with E-state index in [-0.39, 0.29) is 11.9 Å². The van der Waals surface area contributed by atoms with E-state index < -0.39 is 0 Å². The summed E-state index contributed by atoms with van der Waals surface area (Å²) in [5.41, 5.74) is 2.35. The second-order valence-electron chi connectivity index (χ2n) is 4.78. The number of furan rings is 1. The molecule has 1 aromatic heterocycles. The van der Waals surface area contributed by atoms with Crippen LogP contribution in [-0.4, -0.2) is 17.7 Å². The zero-order chi connectivity index (χ0) is 14.2. The minimum atomic E-state index is 0.0851. The van der Waals surface area contributed by atoms with Gasteiger partial charge in [0.05, 0.1) is 18.3 Å². The van der Waals surface area contributed by atoms with Gasteiger partial charge in [-0.1, -0.05) is 30.3 Å². The highest BCUT2D eigenvalue weighted by atomic mass is 32.2. The van der Waals surface area contributed by atoms with Gasteiger partial charge in [0.15, 0.2) is 0 Å². The van der Waals surface area contributed by atoms with Gasteiger partial charge in [0.25, 0.3) is 0 Å². The molecule has 0 aliphatic carbocycles. The first-order valence-electron chi connectivity index (χ1n) is 6.66. The van der Waals surface area contributed by atoms with E-state index in [1.54, 1.807) is 24.3 Å². The van der Waals surface area contributed by atoms with E-state index in [0.29, 0.717) is 5.75 Å². The maximum absolute atomic E-state index is 11.8. The standard InChI is InChI=1S/C16H19NO2S/c1-13(9-15-7-8-19-10-15)17-16(18)12-20-11-14-5-3-2-4-6-14/h2-8,10,13H,9,11-12H2,1H3,(H,17,18)/t13-/m0/s1. The first kappa shape index (κ1) is 14.7. The Kier molecular flexibility index (Phi) is 5.74. The molecule has 1 N–H and O–H groups in total. The van der Waals surface area contributed by atoms with Crippen molar-refractivity contribution in [2.24, 2.45) is 0 Å². The molecule has 0 aliphatic heterocycles. The number of amides is 1. The average Bonchev–Trinajstić information content (AvgIpc) is 2.92. The van der Waals surface area contributed by atoms with E-state index in [1.165, 1.54) is 5.56 Å². The van der Waals surface area contributed by atoms with Crippen LogP contribution in [-0.2, 0) is 17.0 Å². The molecule has 0 saturated heterocycles. The predicted octanol–water partition coefficient (Wildman–Crippen LogP) is 3.26. The topological polar surface area (TPSA) is 42.2 Å².